The second-order valence-electron chi connectivity index (χ2n) is 3.74. The first kappa shape index (κ1) is 9.68. The summed E-state index contributed by atoms with van der Waals surface area (Å²) in [6.07, 6.45) is 3.02. The summed E-state index contributed by atoms with van der Waals surface area (Å²) in [5, 5.41) is 9.46. The smallest absolute Gasteiger partial charge is 0.158 e. The first-order chi connectivity index (χ1) is 5.61. The molecule has 70 valence electrons. The van der Waals surface area contributed by atoms with Crippen molar-refractivity contribution in [2.45, 2.75) is 44.8 Å². The van der Waals surface area contributed by atoms with Gasteiger partial charge in [-0.05, 0) is 32.1 Å². The van der Waals surface area contributed by atoms with Crippen LogP contribution in [0.2, 0.25) is 0 Å². The lowest BCUT2D eigenvalue weighted by Crippen LogP contribution is -2.36. The summed E-state index contributed by atoms with van der Waals surface area (Å²) in [4.78, 5) is 10.9. The van der Waals surface area contributed by atoms with Crippen molar-refractivity contribution < 1.29 is 9.90 Å². The van der Waals surface area contributed by atoms with Crippen molar-refractivity contribution in [3.63, 3.8) is 0 Å². The molecule has 12 heavy (non-hydrogen) atoms. The fourth-order valence-electron chi connectivity index (χ4n) is 1.89. The van der Waals surface area contributed by atoms with E-state index in [1.54, 1.807) is 0 Å². The molecule has 0 spiro atoms. The summed E-state index contributed by atoms with van der Waals surface area (Å²) in [5.74, 6) is -0.0275. The van der Waals surface area contributed by atoms with E-state index >= 15 is 0 Å². The van der Waals surface area contributed by atoms with Crippen molar-refractivity contribution in [1.29, 1.82) is 0 Å². The van der Waals surface area contributed by atoms with Gasteiger partial charge in [-0.15, -0.1) is 0 Å². The highest BCUT2D eigenvalue weighted by Crippen LogP contribution is 2.26. The Morgan fingerprint density at radius 3 is 2.75 bits per heavy atom. The Balaban J connectivity index is 2.45. The van der Waals surface area contributed by atoms with Crippen LogP contribution in [-0.4, -0.2) is 23.0 Å². The summed E-state index contributed by atoms with van der Waals surface area (Å²) in [5.41, 5.74) is 5.74. The molecule has 0 heterocycles. The normalized spacial score (nSPS) is 32.9. The number of carbonyl (C=O) groups excluding carboxylic acids is 1. The van der Waals surface area contributed by atoms with Crippen LogP contribution in [-0.2, 0) is 4.79 Å². The average molecular weight is 171 g/mol. The van der Waals surface area contributed by atoms with Gasteiger partial charge in [-0.25, -0.2) is 0 Å². The van der Waals surface area contributed by atoms with E-state index in [1.807, 2.05) is 0 Å². The number of carbonyl (C=O) groups is 1. The van der Waals surface area contributed by atoms with Gasteiger partial charge in [-0.1, -0.05) is 6.42 Å². The number of aliphatic hydroxyl groups excluding tert-OH is 1. The molecule has 0 aromatic rings. The zero-order valence-electron chi connectivity index (χ0n) is 7.49. The zero-order valence-corrected chi connectivity index (χ0v) is 7.49. The van der Waals surface area contributed by atoms with Gasteiger partial charge >= 0.3 is 0 Å². The fourth-order valence-corrected chi connectivity index (χ4v) is 1.89. The van der Waals surface area contributed by atoms with Crippen molar-refractivity contribution in [3.05, 3.63) is 0 Å². The van der Waals surface area contributed by atoms with Crippen LogP contribution in [0.25, 0.3) is 0 Å². The summed E-state index contributed by atoms with van der Waals surface area (Å²) in [6.45, 7) is 1.44. The summed E-state index contributed by atoms with van der Waals surface area (Å²) < 4.78 is 0. The van der Waals surface area contributed by atoms with E-state index in [0.717, 1.165) is 25.7 Å². The number of aliphatic hydroxyl groups is 1. The molecule has 1 saturated carbocycles. The topological polar surface area (TPSA) is 63.3 Å². The van der Waals surface area contributed by atoms with Crippen molar-refractivity contribution in [2.75, 3.05) is 0 Å². The molecule has 0 bridgehead atoms. The predicted octanol–water partition coefficient (Wildman–Crippen LogP) is 0.454. The Bertz CT molecular complexity index is 170. The van der Waals surface area contributed by atoms with E-state index < -0.39 is 6.10 Å². The van der Waals surface area contributed by atoms with Crippen LogP contribution in [0.3, 0.4) is 0 Å². The highest BCUT2D eigenvalue weighted by molar-refractivity contribution is 5.80. The first-order valence-electron chi connectivity index (χ1n) is 4.55. The number of rotatable bonds is 2. The van der Waals surface area contributed by atoms with Gasteiger partial charge in [-0.3, -0.25) is 4.79 Å². The van der Waals surface area contributed by atoms with E-state index in [0.29, 0.717) is 0 Å². The van der Waals surface area contributed by atoms with E-state index in [9.17, 15) is 9.90 Å². The van der Waals surface area contributed by atoms with Gasteiger partial charge in [0, 0.05) is 6.04 Å². The number of hydrogen-bond acceptors (Lipinski definition) is 3. The van der Waals surface area contributed by atoms with E-state index in [2.05, 4.69) is 0 Å². The second-order valence-corrected chi connectivity index (χ2v) is 3.74. The zero-order chi connectivity index (χ0) is 9.14. The van der Waals surface area contributed by atoms with Crippen molar-refractivity contribution in [2.24, 2.45) is 11.7 Å². The molecular formula is C9H17NO2. The van der Waals surface area contributed by atoms with Crippen LogP contribution in [0.5, 0.6) is 0 Å². The third-order valence-electron chi connectivity index (χ3n) is 2.62. The van der Waals surface area contributed by atoms with E-state index in [1.165, 1.54) is 6.92 Å². The van der Waals surface area contributed by atoms with E-state index in [-0.39, 0.29) is 17.7 Å². The van der Waals surface area contributed by atoms with Crippen molar-refractivity contribution in [1.82, 2.24) is 0 Å². The molecule has 3 N–H and O–H groups in total. The highest BCUT2D eigenvalue weighted by Gasteiger charge is 2.27. The number of ketones is 1. The molecule has 0 radical (unpaired) electrons. The predicted molar refractivity (Wildman–Crippen MR) is 46.6 cm³/mol. The summed E-state index contributed by atoms with van der Waals surface area (Å²) in [7, 11) is 0. The molecule has 3 nitrogen and oxygen atoms in total. The second kappa shape index (κ2) is 4.01. The van der Waals surface area contributed by atoms with Gasteiger partial charge in [0.05, 0.1) is 0 Å². The SMILES string of the molecule is CC(=O)[C@H](O)[C@H]1CCC[C@@H](N)C1. The Kier molecular flexibility index (Phi) is 3.23. The molecule has 0 aromatic carbocycles. The van der Waals surface area contributed by atoms with Crippen LogP contribution in [0.15, 0.2) is 0 Å². The molecular weight excluding hydrogens is 154 g/mol. The Morgan fingerprint density at radius 2 is 2.25 bits per heavy atom. The van der Waals surface area contributed by atoms with Gasteiger partial charge in [0.2, 0.25) is 0 Å². The molecule has 3 atom stereocenters. The summed E-state index contributed by atoms with van der Waals surface area (Å²) in [6, 6.07) is 0.178. The average Bonchev–Trinajstić information content (AvgIpc) is 2.03. The van der Waals surface area contributed by atoms with Crippen LogP contribution in [0, 0.1) is 5.92 Å². The lowest BCUT2D eigenvalue weighted by atomic mass is 9.82. The Morgan fingerprint density at radius 1 is 1.58 bits per heavy atom. The first-order valence-corrected chi connectivity index (χ1v) is 4.55. The lowest BCUT2D eigenvalue weighted by molar-refractivity contribution is -0.128. The maximum Gasteiger partial charge on any atom is 0.158 e. The minimum atomic E-state index is -0.781. The van der Waals surface area contributed by atoms with Gasteiger partial charge in [0.1, 0.15) is 6.10 Å². The maximum atomic E-state index is 10.9. The molecule has 1 rings (SSSR count). The molecule has 0 aromatic heterocycles. The fraction of sp³-hybridized carbons (Fsp3) is 0.889. The molecule has 0 saturated heterocycles. The number of hydrogen-bond donors (Lipinski definition) is 2. The molecule has 0 aliphatic heterocycles. The molecule has 1 aliphatic carbocycles. The van der Waals surface area contributed by atoms with Gasteiger partial charge in [0.15, 0.2) is 5.78 Å². The standard InChI is InChI=1S/C9H17NO2/c1-6(11)9(12)7-3-2-4-8(10)5-7/h7-9,12H,2-5,10H2,1H3/t7-,8+,9-/m0/s1. The maximum absolute atomic E-state index is 10.9. The third kappa shape index (κ3) is 2.29. The monoisotopic (exact) mass is 171 g/mol. The van der Waals surface area contributed by atoms with Crippen LogP contribution < -0.4 is 5.73 Å². The minimum Gasteiger partial charge on any atom is -0.385 e. The summed E-state index contributed by atoms with van der Waals surface area (Å²) >= 11 is 0. The largest absolute Gasteiger partial charge is 0.385 e. The highest BCUT2D eigenvalue weighted by atomic mass is 16.3. The lowest BCUT2D eigenvalue weighted by Gasteiger charge is -2.28. The van der Waals surface area contributed by atoms with E-state index in [4.69, 9.17) is 5.73 Å². The minimum absolute atomic E-state index is 0.103. The van der Waals surface area contributed by atoms with Crippen LogP contribution >= 0.6 is 0 Å². The van der Waals surface area contributed by atoms with Crippen molar-refractivity contribution in [3.8, 4) is 0 Å². The number of nitrogens with two attached hydrogens (primary N) is 1. The molecule has 1 fully saturated rings. The number of Topliss-reactive ketones (excluding diaryl/α,β-unsaturated/α-hetero) is 1. The van der Waals surface area contributed by atoms with Gasteiger partial charge in [0.25, 0.3) is 0 Å². The molecule has 0 unspecified atom stereocenters. The van der Waals surface area contributed by atoms with Crippen LogP contribution in [0.1, 0.15) is 32.6 Å². The Labute approximate surface area is 72.9 Å². The molecule has 0 amide bonds. The molecule has 3 heteroatoms. The Hall–Kier alpha value is -0.410. The molecule has 1 aliphatic rings. The quantitative estimate of drug-likeness (QED) is 0.634. The third-order valence-corrected chi connectivity index (χ3v) is 2.62. The van der Waals surface area contributed by atoms with Crippen molar-refractivity contribution >= 4 is 5.78 Å². The van der Waals surface area contributed by atoms with Gasteiger partial charge in [-0.2, -0.15) is 0 Å². The van der Waals surface area contributed by atoms with Gasteiger partial charge < -0.3 is 10.8 Å². The van der Waals surface area contributed by atoms with Crippen LogP contribution in [0.4, 0.5) is 0 Å².